The fourth-order valence-electron chi connectivity index (χ4n) is 1.62. The Kier molecular flexibility index (Phi) is 5.66. The lowest BCUT2D eigenvalue weighted by Crippen LogP contribution is -2.17. The molecule has 0 spiro atoms. The highest BCUT2D eigenvalue weighted by atomic mass is 19.4. The van der Waals surface area contributed by atoms with Crippen LogP contribution < -0.4 is 9.47 Å². The van der Waals surface area contributed by atoms with Gasteiger partial charge in [0.1, 0.15) is 11.5 Å². The molecule has 0 heterocycles. The molecule has 1 rings (SSSR count). The molecule has 0 aromatic heterocycles. The van der Waals surface area contributed by atoms with E-state index in [1.54, 1.807) is 6.92 Å². The Hall–Kier alpha value is -1.92. The van der Waals surface area contributed by atoms with Crippen molar-refractivity contribution >= 4 is 5.97 Å². The van der Waals surface area contributed by atoms with Crippen LogP contribution in [0.25, 0.3) is 0 Å². The van der Waals surface area contributed by atoms with Crippen LogP contribution in [0.2, 0.25) is 0 Å². The van der Waals surface area contributed by atoms with Crippen LogP contribution >= 0.6 is 0 Å². The molecule has 0 aliphatic carbocycles. The normalized spacial score (nSPS) is 11.1. The zero-order valence-corrected chi connectivity index (χ0v) is 11.1. The number of aryl methyl sites for hydroxylation is 1. The van der Waals surface area contributed by atoms with Gasteiger partial charge in [0.15, 0.2) is 0 Å². The summed E-state index contributed by atoms with van der Waals surface area (Å²) in [6.07, 6.45) is -4.50. The number of halogens is 3. The van der Waals surface area contributed by atoms with Gasteiger partial charge in [-0.3, -0.25) is 4.79 Å². The Morgan fingerprint density at radius 1 is 1.30 bits per heavy atom. The van der Waals surface area contributed by atoms with Gasteiger partial charge in [-0.25, -0.2) is 0 Å². The summed E-state index contributed by atoms with van der Waals surface area (Å²) < 4.78 is 50.0. The number of carbonyl (C=O) groups is 1. The minimum Gasteiger partial charge on any atom is -0.496 e. The first-order chi connectivity index (χ1) is 9.35. The molecule has 20 heavy (non-hydrogen) atoms. The maximum Gasteiger partial charge on any atom is 0.573 e. The molecule has 0 amide bonds. The third-order valence-corrected chi connectivity index (χ3v) is 2.39. The molecule has 4 nitrogen and oxygen atoms in total. The third-order valence-electron chi connectivity index (χ3n) is 2.39. The van der Waals surface area contributed by atoms with Crippen molar-refractivity contribution in [3.63, 3.8) is 0 Å². The summed E-state index contributed by atoms with van der Waals surface area (Å²) in [6.45, 7) is 1.93. The van der Waals surface area contributed by atoms with Gasteiger partial charge in [0.25, 0.3) is 0 Å². The molecular formula is C13H15F3O4. The number of alkyl halides is 3. The van der Waals surface area contributed by atoms with Crippen molar-refractivity contribution < 1.29 is 32.2 Å². The van der Waals surface area contributed by atoms with E-state index in [1.807, 2.05) is 0 Å². The van der Waals surface area contributed by atoms with Gasteiger partial charge in [0, 0.05) is 6.42 Å². The second-order valence-corrected chi connectivity index (χ2v) is 3.83. The van der Waals surface area contributed by atoms with Crippen LogP contribution in [-0.4, -0.2) is 26.0 Å². The standard InChI is InChI=1S/C13H15F3O4/c1-3-19-12(17)7-4-9-8-10(20-13(14,15)16)5-6-11(9)18-2/h5-6,8H,3-4,7H2,1-2H3. The summed E-state index contributed by atoms with van der Waals surface area (Å²) in [5, 5.41) is 0. The van der Waals surface area contributed by atoms with Gasteiger partial charge in [0.05, 0.1) is 13.7 Å². The SMILES string of the molecule is CCOC(=O)CCc1cc(OC(F)(F)F)ccc1OC. The zero-order chi connectivity index (χ0) is 15.2. The van der Waals surface area contributed by atoms with Crippen molar-refractivity contribution in [1.82, 2.24) is 0 Å². The lowest BCUT2D eigenvalue weighted by atomic mass is 10.1. The van der Waals surface area contributed by atoms with Crippen molar-refractivity contribution in [3.8, 4) is 11.5 Å². The number of carbonyl (C=O) groups excluding carboxylic acids is 1. The fraction of sp³-hybridized carbons (Fsp3) is 0.462. The molecule has 0 atom stereocenters. The molecule has 0 saturated carbocycles. The van der Waals surface area contributed by atoms with Crippen molar-refractivity contribution in [1.29, 1.82) is 0 Å². The lowest BCUT2D eigenvalue weighted by Gasteiger charge is -2.13. The monoisotopic (exact) mass is 292 g/mol. The van der Waals surface area contributed by atoms with Gasteiger partial charge >= 0.3 is 12.3 Å². The van der Waals surface area contributed by atoms with E-state index < -0.39 is 12.3 Å². The number of methoxy groups -OCH3 is 1. The number of hydrogen-bond donors (Lipinski definition) is 0. The van der Waals surface area contributed by atoms with E-state index in [4.69, 9.17) is 9.47 Å². The number of esters is 1. The second-order valence-electron chi connectivity index (χ2n) is 3.83. The maximum absolute atomic E-state index is 12.1. The van der Waals surface area contributed by atoms with Crippen LogP contribution in [0.5, 0.6) is 11.5 Å². The van der Waals surface area contributed by atoms with Gasteiger partial charge < -0.3 is 14.2 Å². The Bertz CT molecular complexity index is 457. The van der Waals surface area contributed by atoms with Gasteiger partial charge in [-0.1, -0.05) is 0 Å². The molecule has 0 N–H and O–H groups in total. The van der Waals surface area contributed by atoms with E-state index in [0.29, 0.717) is 11.3 Å². The molecule has 1 aromatic carbocycles. The average Bonchev–Trinajstić information content (AvgIpc) is 2.35. The molecular weight excluding hydrogens is 277 g/mol. The highest BCUT2D eigenvalue weighted by molar-refractivity contribution is 5.69. The first-order valence-electron chi connectivity index (χ1n) is 5.94. The Morgan fingerprint density at radius 2 is 2.00 bits per heavy atom. The van der Waals surface area contributed by atoms with Crippen molar-refractivity contribution in [2.45, 2.75) is 26.1 Å². The molecule has 0 aliphatic heterocycles. The number of rotatable bonds is 6. The van der Waals surface area contributed by atoms with Gasteiger partial charge in [0.2, 0.25) is 0 Å². The topological polar surface area (TPSA) is 44.8 Å². The predicted molar refractivity (Wildman–Crippen MR) is 64.6 cm³/mol. The lowest BCUT2D eigenvalue weighted by molar-refractivity contribution is -0.274. The largest absolute Gasteiger partial charge is 0.573 e. The Labute approximate surface area is 114 Å². The minimum absolute atomic E-state index is 0.0552. The molecule has 112 valence electrons. The molecule has 0 radical (unpaired) electrons. The van der Waals surface area contributed by atoms with Crippen molar-refractivity contribution in [3.05, 3.63) is 23.8 Å². The smallest absolute Gasteiger partial charge is 0.496 e. The number of ether oxygens (including phenoxy) is 3. The molecule has 0 saturated heterocycles. The third kappa shape index (κ3) is 5.38. The minimum atomic E-state index is -4.76. The van der Waals surface area contributed by atoms with E-state index >= 15 is 0 Å². The van der Waals surface area contributed by atoms with E-state index in [1.165, 1.54) is 19.2 Å². The first-order valence-corrected chi connectivity index (χ1v) is 5.94. The predicted octanol–water partition coefficient (Wildman–Crippen LogP) is 3.09. The quantitative estimate of drug-likeness (QED) is 0.756. The highest BCUT2D eigenvalue weighted by Gasteiger charge is 2.31. The summed E-state index contributed by atoms with van der Waals surface area (Å²) in [5.41, 5.74) is 0.447. The number of hydrogen-bond acceptors (Lipinski definition) is 4. The second kappa shape index (κ2) is 7.02. The first kappa shape index (κ1) is 16.1. The molecule has 0 fully saturated rings. The zero-order valence-electron chi connectivity index (χ0n) is 11.1. The molecule has 1 aromatic rings. The summed E-state index contributed by atoms with van der Waals surface area (Å²) in [5.74, 6) is -0.377. The average molecular weight is 292 g/mol. The summed E-state index contributed by atoms with van der Waals surface area (Å²) >= 11 is 0. The van der Waals surface area contributed by atoms with Gasteiger partial charge in [-0.15, -0.1) is 13.2 Å². The maximum atomic E-state index is 12.1. The van der Waals surface area contributed by atoms with Crippen LogP contribution in [0.15, 0.2) is 18.2 Å². The summed E-state index contributed by atoms with van der Waals surface area (Å²) in [7, 11) is 1.40. The van der Waals surface area contributed by atoms with E-state index in [0.717, 1.165) is 6.07 Å². The molecule has 0 unspecified atom stereocenters. The number of benzene rings is 1. The van der Waals surface area contributed by atoms with Crippen LogP contribution in [0.3, 0.4) is 0 Å². The molecule has 0 aliphatic rings. The molecule has 0 bridgehead atoms. The summed E-state index contributed by atoms with van der Waals surface area (Å²) in [6, 6.07) is 3.72. The van der Waals surface area contributed by atoms with Gasteiger partial charge in [-0.2, -0.15) is 0 Å². The summed E-state index contributed by atoms with van der Waals surface area (Å²) in [4.78, 5) is 11.3. The highest BCUT2D eigenvalue weighted by Crippen LogP contribution is 2.29. The Balaban J connectivity index is 2.81. The molecule has 7 heteroatoms. The van der Waals surface area contributed by atoms with E-state index in [9.17, 15) is 18.0 Å². The van der Waals surface area contributed by atoms with E-state index in [2.05, 4.69) is 4.74 Å². The van der Waals surface area contributed by atoms with E-state index in [-0.39, 0.29) is 25.2 Å². The van der Waals surface area contributed by atoms with Crippen LogP contribution in [-0.2, 0) is 16.0 Å². The van der Waals surface area contributed by atoms with Crippen LogP contribution in [0.4, 0.5) is 13.2 Å². The van der Waals surface area contributed by atoms with Crippen molar-refractivity contribution in [2.75, 3.05) is 13.7 Å². The van der Waals surface area contributed by atoms with Crippen LogP contribution in [0, 0.1) is 0 Å². The van der Waals surface area contributed by atoms with Crippen LogP contribution in [0.1, 0.15) is 18.9 Å². The fourth-order valence-corrected chi connectivity index (χ4v) is 1.62. The van der Waals surface area contributed by atoms with Gasteiger partial charge in [-0.05, 0) is 37.1 Å². The Morgan fingerprint density at radius 3 is 2.55 bits per heavy atom. The van der Waals surface area contributed by atoms with Crippen molar-refractivity contribution in [2.24, 2.45) is 0 Å².